The van der Waals surface area contributed by atoms with E-state index in [-0.39, 0.29) is 5.75 Å². The van der Waals surface area contributed by atoms with Gasteiger partial charge in [-0.2, -0.15) is 0 Å². The number of aromatic hydroxyl groups is 1. The van der Waals surface area contributed by atoms with Gasteiger partial charge in [0.2, 0.25) is 0 Å². The smallest absolute Gasteiger partial charge is 0.124 e. The lowest BCUT2D eigenvalue weighted by Crippen LogP contribution is -2.01. The summed E-state index contributed by atoms with van der Waals surface area (Å²) < 4.78 is 0. The van der Waals surface area contributed by atoms with E-state index < -0.39 is 0 Å². The number of carbonyl (C=O) groups is 1. The molecule has 0 saturated heterocycles. The molecule has 0 unspecified atom stereocenters. The van der Waals surface area contributed by atoms with Gasteiger partial charge in [0, 0.05) is 13.0 Å². The Labute approximate surface area is 70.8 Å². The first kappa shape index (κ1) is 8.74. The highest BCUT2D eigenvalue weighted by atomic mass is 16.3. The third-order valence-electron chi connectivity index (χ3n) is 1.71. The first-order chi connectivity index (χ1) is 5.77. The Kier molecular flexibility index (Phi) is 2.82. The zero-order valence-corrected chi connectivity index (χ0v) is 6.66. The Morgan fingerprint density at radius 1 is 1.42 bits per heavy atom. The predicted octanol–water partition coefficient (Wildman–Crippen LogP) is 0.592. The SMILES string of the molecule is NCc1cc(O)ccc1CC=O. The highest BCUT2D eigenvalue weighted by molar-refractivity contribution is 5.56. The van der Waals surface area contributed by atoms with Gasteiger partial charge in [-0.25, -0.2) is 0 Å². The maximum absolute atomic E-state index is 10.2. The molecule has 0 atom stereocenters. The van der Waals surface area contributed by atoms with Gasteiger partial charge in [-0.15, -0.1) is 0 Å². The Hall–Kier alpha value is -1.35. The van der Waals surface area contributed by atoms with E-state index in [1.54, 1.807) is 18.2 Å². The molecule has 3 nitrogen and oxygen atoms in total. The minimum absolute atomic E-state index is 0.185. The number of hydrogen-bond donors (Lipinski definition) is 2. The second-order valence-electron chi connectivity index (χ2n) is 2.53. The van der Waals surface area contributed by atoms with E-state index in [0.717, 1.165) is 17.4 Å². The van der Waals surface area contributed by atoms with Crippen LogP contribution in [-0.4, -0.2) is 11.4 Å². The third kappa shape index (κ3) is 1.83. The molecule has 64 valence electrons. The summed E-state index contributed by atoms with van der Waals surface area (Å²) in [6.07, 6.45) is 1.18. The van der Waals surface area contributed by atoms with Crippen LogP contribution in [0.5, 0.6) is 5.75 Å². The monoisotopic (exact) mass is 165 g/mol. The predicted molar refractivity (Wildman–Crippen MR) is 45.8 cm³/mol. The molecule has 0 aromatic heterocycles. The lowest BCUT2D eigenvalue weighted by atomic mass is 10.1. The fourth-order valence-electron chi connectivity index (χ4n) is 1.09. The van der Waals surface area contributed by atoms with Gasteiger partial charge in [-0.05, 0) is 23.3 Å². The number of benzene rings is 1. The molecule has 0 fully saturated rings. The normalized spacial score (nSPS) is 9.75. The van der Waals surface area contributed by atoms with Gasteiger partial charge in [-0.3, -0.25) is 0 Å². The highest BCUT2D eigenvalue weighted by Gasteiger charge is 2.00. The van der Waals surface area contributed by atoms with Crippen LogP contribution in [0.3, 0.4) is 0 Å². The van der Waals surface area contributed by atoms with Crippen molar-refractivity contribution < 1.29 is 9.90 Å². The molecule has 1 rings (SSSR count). The quantitative estimate of drug-likeness (QED) is 0.644. The van der Waals surface area contributed by atoms with Gasteiger partial charge >= 0.3 is 0 Å². The summed E-state index contributed by atoms with van der Waals surface area (Å²) in [5.41, 5.74) is 7.12. The minimum Gasteiger partial charge on any atom is -0.508 e. The molecule has 0 radical (unpaired) electrons. The molecule has 1 aromatic carbocycles. The number of phenols is 1. The van der Waals surface area contributed by atoms with Crippen LogP contribution in [0, 0.1) is 0 Å². The van der Waals surface area contributed by atoms with Crippen molar-refractivity contribution in [3.8, 4) is 5.75 Å². The molecule has 0 saturated carbocycles. The van der Waals surface area contributed by atoms with Crippen molar-refractivity contribution in [2.75, 3.05) is 0 Å². The van der Waals surface area contributed by atoms with Crippen LogP contribution in [0.1, 0.15) is 11.1 Å². The summed E-state index contributed by atoms with van der Waals surface area (Å²) in [4.78, 5) is 10.2. The highest BCUT2D eigenvalue weighted by Crippen LogP contribution is 2.15. The molecule has 0 bridgehead atoms. The number of hydrogen-bond acceptors (Lipinski definition) is 3. The molecule has 1 aromatic rings. The van der Waals surface area contributed by atoms with Crippen LogP contribution >= 0.6 is 0 Å². The van der Waals surface area contributed by atoms with Crippen LogP contribution in [0.15, 0.2) is 18.2 Å². The van der Waals surface area contributed by atoms with Crippen LogP contribution < -0.4 is 5.73 Å². The van der Waals surface area contributed by atoms with E-state index in [2.05, 4.69) is 0 Å². The van der Waals surface area contributed by atoms with Crippen molar-refractivity contribution in [2.24, 2.45) is 5.73 Å². The molecule has 0 heterocycles. The standard InChI is InChI=1S/C9H11NO2/c10-6-8-5-9(12)2-1-7(8)3-4-11/h1-2,4-5,12H,3,6,10H2. The van der Waals surface area contributed by atoms with Crippen LogP contribution in [0.2, 0.25) is 0 Å². The molecular weight excluding hydrogens is 154 g/mol. The topological polar surface area (TPSA) is 63.3 Å². The molecule has 12 heavy (non-hydrogen) atoms. The van der Waals surface area contributed by atoms with E-state index in [1.165, 1.54) is 0 Å². The molecule has 3 heteroatoms. The molecule has 0 aliphatic carbocycles. The average Bonchev–Trinajstić information content (AvgIpc) is 2.08. The van der Waals surface area contributed by atoms with Crippen LogP contribution in [-0.2, 0) is 17.8 Å². The molecule has 0 spiro atoms. The Balaban J connectivity index is 3.01. The Morgan fingerprint density at radius 2 is 2.17 bits per heavy atom. The lowest BCUT2D eigenvalue weighted by molar-refractivity contribution is -0.107. The number of aldehydes is 1. The van der Waals surface area contributed by atoms with Gasteiger partial charge < -0.3 is 15.6 Å². The second-order valence-corrected chi connectivity index (χ2v) is 2.53. The number of nitrogens with two attached hydrogens (primary N) is 1. The number of carbonyl (C=O) groups excluding carboxylic acids is 1. The van der Waals surface area contributed by atoms with Gasteiger partial charge in [-0.1, -0.05) is 6.07 Å². The van der Waals surface area contributed by atoms with Gasteiger partial charge in [0.25, 0.3) is 0 Å². The van der Waals surface area contributed by atoms with Crippen LogP contribution in [0.25, 0.3) is 0 Å². The van der Waals surface area contributed by atoms with Gasteiger partial charge in [0.05, 0.1) is 0 Å². The molecule has 3 N–H and O–H groups in total. The maximum Gasteiger partial charge on any atom is 0.124 e. The van der Waals surface area contributed by atoms with Crippen molar-refractivity contribution >= 4 is 6.29 Å². The summed E-state index contributed by atoms with van der Waals surface area (Å²) in [5.74, 6) is 0.185. The largest absolute Gasteiger partial charge is 0.508 e. The lowest BCUT2D eigenvalue weighted by Gasteiger charge is -2.04. The van der Waals surface area contributed by atoms with Crippen molar-refractivity contribution in [1.29, 1.82) is 0 Å². The molecule has 0 aliphatic heterocycles. The van der Waals surface area contributed by atoms with E-state index in [0.29, 0.717) is 13.0 Å². The third-order valence-corrected chi connectivity index (χ3v) is 1.71. The number of rotatable bonds is 3. The first-order valence-corrected chi connectivity index (χ1v) is 3.72. The fraction of sp³-hybridized carbons (Fsp3) is 0.222. The van der Waals surface area contributed by atoms with Crippen molar-refractivity contribution in [1.82, 2.24) is 0 Å². The van der Waals surface area contributed by atoms with E-state index in [1.807, 2.05) is 0 Å². The van der Waals surface area contributed by atoms with Crippen molar-refractivity contribution in [3.05, 3.63) is 29.3 Å². The van der Waals surface area contributed by atoms with E-state index in [9.17, 15) is 4.79 Å². The number of phenolic OH excluding ortho intramolecular Hbond substituents is 1. The van der Waals surface area contributed by atoms with Gasteiger partial charge in [0.15, 0.2) is 0 Å². The maximum atomic E-state index is 10.2. The summed E-state index contributed by atoms with van der Waals surface area (Å²) in [7, 11) is 0. The Morgan fingerprint density at radius 3 is 2.75 bits per heavy atom. The minimum atomic E-state index is 0.185. The zero-order valence-electron chi connectivity index (χ0n) is 6.66. The summed E-state index contributed by atoms with van der Waals surface area (Å²) in [6, 6.07) is 4.85. The van der Waals surface area contributed by atoms with E-state index >= 15 is 0 Å². The first-order valence-electron chi connectivity index (χ1n) is 3.72. The molecular formula is C9H11NO2. The van der Waals surface area contributed by atoms with Gasteiger partial charge in [0.1, 0.15) is 12.0 Å². The second kappa shape index (κ2) is 3.88. The fourth-order valence-corrected chi connectivity index (χ4v) is 1.09. The summed E-state index contributed by atoms with van der Waals surface area (Å²) >= 11 is 0. The zero-order chi connectivity index (χ0) is 8.97. The van der Waals surface area contributed by atoms with E-state index in [4.69, 9.17) is 10.8 Å². The van der Waals surface area contributed by atoms with Crippen molar-refractivity contribution in [2.45, 2.75) is 13.0 Å². The van der Waals surface area contributed by atoms with Crippen molar-refractivity contribution in [3.63, 3.8) is 0 Å². The van der Waals surface area contributed by atoms with Crippen LogP contribution in [0.4, 0.5) is 0 Å². The summed E-state index contributed by atoms with van der Waals surface area (Å²) in [6.45, 7) is 0.345. The Bertz CT molecular complexity index is 284. The molecule has 0 amide bonds. The average molecular weight is 165 g/mol. The molecule has 0 aliphatic rings. The summed E-state index contributed by atoms with van der Waals surface area (Å²) in [5, 5.41) is 9.09.